The lowest BCUT2D eigenvalue weighted by molar-refractivity contribution is -0.00695. The Morgan fingerprint density at radius 2 is 1.46 bits per heavy atom. The van der Waals surface area contributed by atoms with Crippen LogP contribution in [0.15, 0.2) is 60.9 Å². The summed E-state index contributed by atoms with van der Waals surface area (Å²) in [4.78, 5) is 0. The molecule has 5 nitrogen and oxygen atoms in total. The smallest absolute Gasteiger partial charge is 0.118 e. The standard InChI is InChI=1S/C23H28O5/c1-24-20-7-3-18(4-8-20)16-26-13-11-22-15-23(12-14-27-22)28-17-19-5-9-21(25-2)10-6-19/h3-10,12,14,22-23H,11,13,15-17H2,1-2H3/t22-,23+/m1/s1. The van der Waals surface area contributed by atoms with E-state index >= 15 is 0 Å². The first-order valence-electron chi connectivity index (χ1n) is 9.54. The van der Waals surface area contributed by atoms with Crippen molar-refractivity contribution >= 4 is 0 Å². The van der Waals surface area contributed by atoms with E-state index in [4.69, 9.17) is 23.7 Å². The first kappa shape index (κ1) is 20.2. The van der Waals surface area contributed by atoms with E-state index in [1.165, 1.54) is 0 Å². The maximum absolute atomic E-state index is 6.01. The first-order valence-corrected chi connectivity index (χ1v) is 9.54. The number of methoxy groups -OCH3 is 2. The van der Waals surface area contributed by atoms with Gasteiger partial charge < -0.3 is 23.7 Å². The Labute approximate surface area is 166 Å². The Bertz CT molecular complexity index is 724. The molecule has 0 saturated carbocycles. The summed E-state index contributed by atoms with van der Waals surface area (Å²) in [6, 6.07) is 15.8. The highest BCUT2D eigenvalue weighted by atomic mass is 16.5. The van der Waals surface area contributed by atoms with Gasteiger partial charge in [-0.1, -0.05) is 24.3 Å². The van der Waals surface area contributed by atoms with E-state index in [1.54, 1.807) is 20.5 Å². The molecule has 1 aliphatic heterocycles. The van der Waals surface area contributed by atoms with Gasteiger partial charge in [0.25, 0.3) is 0 Å². The molecule has 0 bridgehead atoms. The van der Waals surface area contributed by atoms with Crippen molar-refractivity contribution in [3.05, 3.63) is 72.0 Å². The largest absolute Gasteiger partial charge is 0.498 e. The number of rotatable bonds is 10. The van der Waals surface area contributed by atoms with Crippen molar-refractivity contribution in [1.82, 2.24) is 0 Å². The third-order valence-electron chi connectivity index (χ3n) is 4.69. The average molecular weight is 384 g/mol. The number of hydrogen-bond donors (Lipinski definition) is 0. The summed E-state index contributed by atoms with van der Waals surface area (Å²) in [7, 11) is 3.33. The Morgan fingerprint density at radius 3 is 2.07 bits per heavy atom. The van der Waals surface area contributed by atoms with Crippen molar-refractivity contribution in [3.8, 4) is 11.5 Å². The highest BCUT2D eigenvalue weighted by molar-refractivity contribution is 5.27. The molecule has 2 atom stereocenters. The average Bonchev–Trinajstić information content (AvgIpc) is 2.76. The van der Waals surface area contributed by atoms with Crippen molar-refractivity contribution in [2.45, 2.75) is 38.3 Å². The summed E-state index contributed by atoms with van der Waals surface area (Å²) >= 11 is 0. The zero-order valence-electron chi connectivity index (χ0n) is 16.5. The van der Waals surface area contributed by atoms with E-state index in [2.05, 4.69) is 0 Å². The third-order valence-corrected chi connectivity index (χ3v) is 4.69. The van der Waals surface area contributed by atoms with Gasteiger partial charge in [0.2, 0.25) is 0 Å². The second-order valence-electron chi connectivity index (χ2n) is 6.71. The van der Waals surface area contributed by atoms with Crippen molar-refractivity contribution in [1.29, 1.82) is 0 Å². The molecule has 1 aliphatic rings. The molecule has 0 unspecified atom stereocenters. The molecule has 0 N–H and O–H groups in total. The van der Waals surface area contributed by atoms with Gasteiger partial charge in [-0.3, -0.25) is 0 Å². The maximum Gasteiger partial charge on any atom is 0.118 e. The van der Waals surface area contributed by atoms with Crippen LogP contribution in [-0.4, -0.2) is 33.0 Å². The fourth-order valence-corrected chi connectivity index (χ4v) is 3.00. The molecule has 0 saturated heterocycles. The third kappa shape index (κ3) is 6.29. The number of benzene rings is 2. The molecule has 5 heteroatoms. The number of hydrogen-bond acceptors (Lipinski definition) is 5. The van der Waals surface area contributed by atoms with Crippen LogP contribution in [0.2, 0.25) is 0 Å². The maximum atomic E-state index is 6.01. The van der Waals surface area contributed by atoms with Gasteiger partial charge in [0.1, 0.15) is 17.6 Å². The van der Waals surface area contributed by atoms with Crippen molar-refractivity contribution in [2.75, 3.05) is 20.8 Å². The molecular weight excluding hydrogens is 356 g/mol. The van der Waals surface area contributed by atoms with Crippen LogP contribution in [0.25, 0.3) is 0 Å². The van der Waals surface area contributed by atoms with Gasteiger partial charge in [-0.05, 0) is 41.5 Å². The summed E-state index contributed by atoms with van der Waals surface area (Å²) < 4.78 is 27.8. The lowest BCUT2D eigenvalue weighted by Crippen LogP contribution is -2.25. The van der Waals surface area contributed by atoms with Gasteiger partial charge in [0.15, 0.2) is 0 Å². The Hall–Kier alpha value is -2.50. The minimum atomic E-state index is 0.0578. The molecule has 0 aliphatic carbocycles. The van der Waals surface area contributed by atoms with E-state index in [0.29, 0.717) is 19.8 Å². The molecule has 2 aromatic carbocycles. The SMILES string of the molecule is COc1ccc(COCC[C@@H]2C[C@@H](OCc3ccc(OC)cc3)C=CO2)cc1. The molecule has 28 heavy (non-hydrogen) atoms. The lowest BCUT2D eigenvalue weighted by atomic mass is 10.1. The van der Waals surface area contributed by atoms with Gasteiger partial charge in [0.05, 0.1) is 46.4 Å². The molecule has 0 fully saturated rings. The second kappa shape index (κ2) is 10.7. The van der Waals surface area contributed by atoms with Crippen LogP contribution in [0.4, 0.5) is 0 Å². The van der Waals surface area contributed by atoms with Gasteiger partial charge >= 0.3 is 0 Å². The van der Waals surface area contributed by atoms with E-state index in [9.17, 15) is 0 Å². The summed E-state index contributed by atoms with van der Waals surface area (Å²) in [6.07, 6.45) is 5.56. The molecule has 150 valence electrons. The van der Waals surface area contributed by atoms with E-state index in [-0.39, 0.29) is 12.2 Å². The van der Waals surface area contributed by atoms with Gasteiger partial charge in [0, 0.05) is 12.8 Å². The van der Waals surface area contributed by atoms with Crippen LogP contribution >= 0.6 is 0 Å². The van der Waals surface area contributed by atoms with Crippen molar-refractivity contribution in [2.24, 2.45) is 0 Å². The fourth-order valence-electron chi connectivity index (χ4n) is 3.00. The molecule has 0 aromatic heterocycles. The molecule has 2 aromatic rings. The molecule has 1 heterocycles. The second-order valence-corrected chi connectivity index (χ2v) is 6.71. The predicted octanol–water partition coefficient (Wildman–Crippen LogP) is 4.50. The highest BCUT2D eigenvalue weighted by Crippen LogP contribution is 2.20. The molecule has 3 rings (SSSR count). The summed E-state index contributed by atoms with van der Waals surface area (Å²) in [5, 5.41) is 0. The minimum absolute atomic E-state index is 0.0578. The number of ether oxygens (including phenoxy) is 5. The zero-order chi connectivity index (χ0) is 19.6. The summed E-state index contributed by atoms with van der Waals surface area (Å²) in [5.41, 5.74) is 2.26. The van der Waals surface area contributed by atoms with Crippen LogP contribution in [0.3, 0.4) is 0 Å². The summed E-state index contributed by atoms with van der Waals surface area (Å²) in [5.74, 6) is 1.70. The zero-order valence-corrected chi connectivity index (χ0v) is 16.5. The normalized spacial score (nSPS) is 18.5. The molecule has 0 amide bonds. The van der Waals surface area contributed by atoms with Crippen LogP contribution in [-0.2, 0) is 27.4 Å². The van der Waals surface area contributed by atoms with E-state index < -0.39 is 0 Å². The molecule has 0 spiro atoms. The monoisotopic (exact) mass is 384 g/mol. The van der Waals surface area contributed by atoms with Crippen LogP contribution < -0.4 is 9.47 Å². The van der Waals surface area contributed by atoms with Crippen molar-refractivity contribution in [3.63, 3.8) is 0 Å². The summed E-state index contributed by atoms with van der Waals surface area (Å²) in [6.45, 7) is 1.80. The van der Waals surface area contributed by atoms with Crippen molar-refractivity contribution < 1.29 is 23.7 Å². The van der Waals surface area contributed by atoms with E-state index in [0.717, 1.165) is 35.5 Å². The van der Waals surface area contributed by atoms with Crippen LogP contribution in [0.5, 0.6) is 11.5 Å². The first-order chi connectivity index (χ1) is 13.8. The van der Waals surface area contributed by atoms with Crippen LogP contribution in [0.1, 0.15) is 24.0 Å². The molecule has 0 radical (unpaired) electrons. The van der Waals surface area contributed by atoms with E-state index in [1.807, 2.05) is 54.6 Å². The Morgan fingerprint density at radius 1 is 0.857 bits per heavy atom. The quantitative estimate of drug-likeness (QED) is 0.565. The topological polar surface area (TPSA) is 46.2 Å². The Kier molecular flexibility index (Phi) is 7.76. The fraction of sp³-hybridized carbons (Fsp3) is 0.391. The molecular formula is C23H28O5. The van der Waals surface area contributed by atoms with Gasteiger partial charge in [-0.25, -0.2) is 0 Å². The lowest BCUT2D eigenvalue weighted by Gasteiger charge is -2.25. The Balaban J connectivity index is 1.34. The minimum Gasteiger partial charge on any atom is -0.498 e. The van der Waals surface area contributed by atoms with Crippen LogP contribution in [0, 0.1) is 0 Å². The highest BCUT2D eigenvalue weighted by Gasteiger charge is 2.19. The van der Waals surface area contributed by atoms with Gasteiger partial charge in [-0.15, -0.1) is 0 Å². The predicted molar refractivity (Wildman–Crippen MR) is 107 cm³/mol. The van der Waals surface area contributed by atoms with Gasteiger partial charge in [-0.2, -0.15) is 0 Å².